The summed E-state index contributed by atoms with van der Waals surface area (Å²) in [5.41, 5.74) is 2.86. The summed E-state index contributed by atoms with van der Waals surface area (Å²) in [4.78, 5) is 14.8. The fourth-order valence-corrected chi connectivity index (χ4v) is 3.30. The molecular weight excluding hydrogens is 357 g/mol. The van der Waals surface area contributed by atoms with E-state index in [1.165, 1.54) is 11.6 Å². The molecule has 3 rings (SSSR count). The third-order valence-electron chi connectivity index (χ3n) is 4.97. The van der Waals surface area contributed by atoms with Crippen molar-refractivity contribution in [3.8, 4) is 0 Å². The van der Waals surface area contributed by atoms with E-state index in [9.17, 15) is 9.18 Å². The molecule has 28 heavy (non-hydrogen) atoms. The van der Waals surface area contributed by atoms with Gasteiger partial charge in [0.15, 0.2) is 0 Å². The first-order valence-corrected chi connectivity index (χ1v) is 9.76. The average molecular weight is 385 g/mol. The molecule has 1 saturated heterocycles. The Labute approximate surface area is 165 Å². The summed E-state index contributed by atoms with van der Waals surface area (Å²) < 4.78 is 19.1. The van der Waals surface area contributed by atoms with Crippen molar-refractivity contribution in [2.24, 2.45) is 0 Å². The Bertz CT molecular complexity index is 761. The summed E-state index contributed by atoms with van der Waals surface area (Å²) in [5, 5.41) is 5.92. The van der Waals surface area contributed by atoms with Crippen LogP contribution >= 0.6 is 0 Å². The van der Waals surface area contributed by atoms with Gasteiger partial charge in [-0.15, -0.1) is 0 Å². The number of rotatable bonds is 7. The highest BCUT2D eigenvalue weighted by Crippen LogP contribution is 2.16. The number of nitrogens with zero attached hydrogens (tertiary/aromatic N) is 1. The van der Waals surface area contributed by atoms with Crippen LogP contribution in [0, 0.1) is 12.7 Å². The molecule has 1 aliphatic heterocycles. The van der Waals surface area contributed by atoms with Crippen LogP contribution in [0.4, 0.5) is 9.18 Å². The molecule has 0 radical (unpaired) electrons. The van der Waals surface area contributed by atoms with Crippen LogP contribution in [0.3, 0.4) is 0 Å². The number of aryl methyl sites for hydroxylation is 1. The molecule has 0 spiro atoms. The summed E-state index contributed by atoms with van der Waals surface area (Å²) in [5.74, 6) is -0.241. The van der Waals surface area contributed by atoms with Crippen LogP contribution < -0.4 is 10.6 Å². The fourth-order valence-electron chi connectivity index (χ4n) is 3.30. The van der Waals surface area contributed by atoms with E-state index in [-0.39, 0.29) is 17.9 Å². The molecule has 150 valence electrons. The molecule has 6 heteroatoms. The third kappa shape index (κ3) is 6.04. The zero-order valence-electron chi connectivity index (χ0n) is 16.3. The molecule has 2 N–H and O–H groups in total. The van der Waals surface area contributed by atoms with E-state index in [0.29, 0.717) is 18.5 Å². The van der Waals surface area contributed by atoms with Gasteiger partial charge in [0, 0.05) is 26.2 Å². The van der Waals surface area contributed by atoms with Crippen LogP contribution in [0.25, 0.3) is 0 Å². The molecule has 2 aromatic carbocycles. The van der Waals surface area contributed by atoms with E-state index in [1.807, 2.05) is 6.92 Å². The maximum Gasteiger partial charge on any atom is 0.315 e. The van der Waals surface area contributed by atoms with Gasteiger partial charge in [0.25, 0.3) is 0 Å². The predicted molar refractivity (Wildman–Crippen MR) is 108 cm³/mol. The molecule has 0 bridgehead atoms. The molecule has 2 aromatic rings. The van der Waals surface area contributed by atoms with Crippen molar-refractivity contribution in [3.63, 3.8) is 0 Å². The molecule has 1 aliphatic rings. The van der Waals surface area contributed by atoms with Crippen molar-refractivity contribution in [2.45, 2.75) is 19.4 Å². The first kappa shape index (κ1) is 20.3. The Balaban J connectivity index is 1.57. The molecule has 0 saturated carbocycles. The van der Waals surface area contributed by atoms with E-state index in [0.717, 1.165) is 38.4 Å². The third-order valence-corrected chi connectivity index (χ3v) is 4.97. The van der Waals surface area contributed by atoms with Crippen molar-refractivity contribution < 1.29 is 13.9 Å². The summed E-state index contributed by atoms with van der Waals surface area (Å²) in [6.45, 7) is 6.31. The van der Waals surface area contributed by atoms with Gasteiger partial charge in [0.1, 0.15) is 5.82 Å². The predicted octanol–water partition coefficient (Wildman–Crippen LogP) is 3.05. The molecule has 1 atom stereocenters. The molecule has 1 unspecified atom stereocenters. The van der Waals surface area contributed by atoms with Crippen LogP contribution in [-0.4, -0.2) is 50.3 Å². The topological polar surface area (TPSA) is 53.6 Å². The second kappa shape index (κ2) is 10.2. The second-order valence-corrected chi connectivity index (χ2v) is 7.12. The highest BCUT2D eigenvalue weighted by atomic mass is 19.1. The van der Waals surface area contributed by atoms with Gasteiger partial charge in [-0.05, 0) is 30.5 Å². The SMILES string of the molecule is Cc1ccc(C(CN2CCOCC2)NC(=O)NCCc2ccccc2F)cc1. The quantitative estimate of drug-likeness (QED) is 0.770. The number of morpholine rings is 1. The number of carbonyl (C=O) groups excluding carboxylic acids is 1. The number of amides is 2. The van der Waals surface area contributed by atoms with E-state index in [4.69, 9.17) is 4.74 Å². The maximum atomic E-state index is 13.7. The standard InChI is InChI=1S/C22H28FN3O2/c1-17-6-8-19(9-7-17)21(16-26-12-14-28-15-13-26)25-22(27)24-11-10-18-4-2-3-5-20(18)23/h2-9,21H,10-16H2,1H3,(H2,24,25,27). The first-order chi connectivity index (χ1) is 13.6. The number of carbonyl (C=O) groups is 1. The lowest BCUT2D eigenvalue weighted by molar-refractivity contribution is 0.0340. The molecule has 1 heterocycles. The number of benzene rings is 2. The fraction of sp³-hybridized carbons (Fsp3) is 0.409. The van der Waals surface area contributed by atoms with E-state index in [2.05, 4.69) is 39.8 Å². The van der Waals surface area contributed by atoms with Crippen LogP contribution in [0.5, 0.6) is 0 Å². The van der Waals surface area contributed by atoms with Gasteiger partial charge in [0.2, 0.25) is 0 Å². The number of ether oxygens (including phenoxy) is 1. The number of hydrogen-bond donors (Lipinski definition) is 2. The van der Waals surface area contributed by atoms with Gasteiger partial charge in [0.05, 0.1) is 19.3 Å². The van der Waals surface area contributed by atoms with Crippen LogP contribution in [0.1, 0.15) is 22.7 Å². The van der Waals surface area contributed by atoms with Crippen LogP contribution in [-0.2, 0) is 11.2 Å². The lowest BCUT2D eigenvalue weighted by Gasteiger charge is -2.31. The summed E-state index contributed by atoms with van der Waals surface area (Å²) in [6.07, 6.45) is 0.457. The molecule has 0 aromatic heterocycles. The van der Waals surface area contributed by atoms with Gasteiger partial charge in [-0.25, -0.2) is 9.18 Å². The second-order valence-electron chi connectivity index (χ2n) is 7.12. The summed E-state index contributed by atoms with van der Waals surface area (Å²) in [6, 6.07) is 14.5. The molecule has 1 fully saturated rings. The molecule has 5 nitrogen and oxygen atoms in total. The van der Waals surface area contributed by atoms with Crippen molar-refractivity contribution in [1.29, 1.82) is 0 Å². The number of urea groups is 1. The van der Waals surface area contributed by atoms with E-state index in [1.54, 1.807) is 18.2 Å². The monoisotopic (exact) mass is 385 g/mol. The Hall–Kier alpha value is -2.44. The Morgan fingerprint density at radius 1 is 1.14 bits per heavy atom. The lowest BCUT2D eigenvalue weighted by Crippen LogP contribution is -2.45. The minimum Gasteiger partial charge on any atom is -0.379 e. The number of nitrogens with one attached hydrogen (secondary N) is 2. The largest absolute Gasteiger partial charge is 0.379 e. The highest BCUT2D eigenvalue weighted by molar-refractivity contribution is 5.74. The molecular formula is C22H28FN3O2. The van der Waals surface area contributed by atoms with Crippen LogP contribution in [0.15, 0.2) is 48.5 Å². The lowest BCUT2D eigenvalue weighted by atomic mass is 10.0. The number of hydrogen-bond acceptors (Lipinski definition) is 3. The van der Waals surface area contributed by atoms with Gasteiger partial charge >= 0.3 is 6.03 Å². The van der Waals surface area contributed by atoms with Crippen molar-refractivity contribution >= 4 is 6.03 Å². The summed E-state index contributed by atoms with van der Waals surface area (Å²) in [7, 11) is 0. The minimum atomic E-state index is -0.241. The number of halogens is 1. The Morgan fingerprint density at radius 3 is 2.57 bits per heavy atom. The Kier molecular flexibility index (Phi) is 7.39. The zero-order valence-corrected chi connectivity index (χ0v) is 16.3. The van der Waals surface area contributed by atoms with Gasteiger partial charge in [-0.3, -0.25) is 4.90 Å². The maximum absolute atomic E-state index is 13.7. The van der Waals surface area contributed by atoms with E-state index >= 15 is 0 Å². The van der Waals surface area contributed by atoms with Crippen molar-refractivity contribution in [1.82, 2.24) is 15.5 Å². The first-order valence-electron chi connectivity index (χ1n) is 9.76. The molecule has 0 aliphatic carbocycles. The van der Waals surface area contributed by atoms with Crippen molar-refractivity contribution in [2.75, 3.05) is 39.4 Å². The normalized spacial score (nSPS) is 15.8. The summed E-state index contributed by atoms with van der Waals surface area (Å²) >= 11 is 0. The van der Waals surface area contributed by atoms with Crippen molar-refractivity contribution in [3.05, 3.63) is 71.0 Å². The van der Waals surface area contributed by atoms with Crippen LogP contribution in [0.2, 0.25) is 0 Å². The minimum absolute atomic E-state index is 0.118. The van der Waals surface area contributed by atoms with Gasteiger partial charge in [-0.2, -0.15) is 0 Å². The molecule has 2 amide bonds. The van der Waals surface area contributed by atoms with E-state index < -0.39 is 0 Å². The Morgan fingerprint density at radius 2 is 1.86 bits per heavy atom. The highest BCUT2D eigenvalue weighted by Gasteiger charge is 2.20. The smallest absolute Gasteiger partial charge is 0.315 e. The van der Waals surface area contributed by atoms with Gasteiger partial charge in [-0.1, -0.05) is 48.0 Å². The van der Waals surface area contributed by atoms with Gasteiger partial charge < -0.3 is 15.4 Å². The zero-order chi connectivity index (χ0) is 19.8. The average Bonchev–Trinajstić information content (AvgIpc) is 2.70.